The van der Waals surface area contributed by atoms with Gasteiger partial charge in [0, 0.05) is 14.4 Å². The van der Waals surface area contributed by atoms with Gasteiger partial charge in [0.25, 0.3) is 0 Å². The molecule has 0 amide bonds. The van der Waals surface area contributed by atoms with Gasteiger partial charge in [-0.3, -0.25) is 0 Å². The molecule has 0 saturated carbocycles. The van der Waals surface area contributed by atoms with E-state index in [-0.39, 0.29) is 10.8 Å². The first kappa shape index (κ1) is 12.5. The van der Waals surface area contributed by atoms with Gasteiger partial charge in [0.05, 0.1) is 0 Å². The summed E-state index contributed by atoms with van der Waals surface area (Å²) in [4.78, 5) is 0. The first-order valence-electron chi connectivity index (χ1n) is 6.58. The Morgan fingerprint density at radius 3 is 2.33 bits per heavy atom. The van der Waals surface area contributed by atoms with Gasteiger partial charge in [-0.1, -0.05) is 58.0 Å². The lowest BCUT2D eigenvalue weighted by Gasteiger charge is -2.38. The van der Waals surface area contributed by atoms with E-state index in [2.05, 4.69) is 86.7 Å². The van der Waals surface area contributed by atoms with E-state index in [1.807, 2.05) is 0 Å². The summed E-state index contributed by atoms with van der Waals surface area (Å²) in [6, 6.07) is 8.98. The molecule has 0 bridgehead atoms. The molecule has 2 unspecified atom stereocenters. The third-order valence-corrected chi connectivity index (χ3v) is 5.67. The lowest BCUT2D eigenvalue weighted by atomic mass is 9.65. The molecule has 0 N–H and O–H groups in total. The molecule has 1 heteroatoms. The van der Waals surface area contributed by atoms with Crippen LogP contribution in [0.1, 0.15) is 38.8 Å². The Hall–Kier alpha value is -0.570. The van der Waals surface area contributed by atoms with Crippen LogP contribution in [0.2, 0.25) is 0 Å². The van der Waals surface area contributed by atoms with Crippen molar-refractivity contribution in [1.29, 1.82) is 0 Å². The molecular weight excluding hydrogens is 331 g/mol. The van der Waals surface area contributed by atoms with Crippen molar-refractivity contribution in [1.82, 2.24) is 0 Å². The molecule has 0 saturated heterocycles. The second-order valence-corrected chi connectivity index (χ2v) is 7.52. The fourth-order valence-electron chi connectivity index (χ4n) is 3.83. The molecule has 0 nitrogen and oxygen atoms in total. The Labute approximate surface area is 123 Å². The van der Waals surface area contributed by atoms with Crippen molar-refractivity contribution in [3.8, 4) is 0 Å². The molecule has 3 rings (SSSR count). The highest BCUT2D eigenvalue weighted by molar-refractivity contribution is 14.1. The van der Waals surface area contributed by atoms with Crippen LogP contribution in [0.15, 0.2) is 45.6 Å². The van der Waals surface area contributed by atoms with E-state index in [0.29, 0.717) is 5.92 Å². The highest BCUT2D eigenvalue weighted by Crippen LogP contribution is 2.59. The second-order valence-electron chi connectivity index (χ2n) is 6.27. The SMILES string of the molecule is CC1C=C(I)C=C2C(C)(C)c3ccccc3C21C. The maximum Gasteiger partial charge on any atom is 0.0209 e. The minimum Gasteiger partial charge on any atom is -0.0671 e. The molecule has 2 aliphatic carbocycles. The van der Waals surface area contributed by atoms with Crippen molar-refractivity contribution in [2.24, 2.45) is 5.92 Å². The van der Waals surface area contributed by atoms with Gasteiger partial charge in [0.15, 0.2) is 0 Å². The zero-order valence-electron chi connectivity index (χ0n) is 11.4. The van der Waals surface area contributed by atoms with Gasteiger partial charge in [-0.05, 0) is 51.3 Å². The van der Waals surface area contributed by atoms with Gasteiger partial charge >= 0.3 is 0 Å². The summed E-state index contributed by atoms with van der Waals surface area (Å²) in [6.07, 6.45) is 4.81. The zero-order valence-corrected chi connectivity index (χ0v) is 13.6. The maximum absolute atomic E-state index is 2.46. The number of benzene rings is 1. The van der Waals surface area contributed by atoms with E-state index < -0.39 is 0 Å². The Bertz CT molecular complexity index is 577. The minimum atomic E-state index is 0.157. The summed E-state index contributed by atoms with van der Waals surface area (Å²) < 4.78 is 1.38. The summed E-state index contributed by atoms with van der Waals surface area (Å²) in [6.45, 7) is 9.50. The molecule has 2 atom stereocenters. The largest absolute Gasteiger partial charge is 0.0671 e. The fraction of sp³-hybridized carbons (Fsp3) is 0.412. The molecular formula is C17H19I. The third-order valence-electron chi connectivity index (χ3n) is 4.99. The molecule has 18 heavy (non-hydrogen) atoms. The lowest BCUT2D eigenvalue weighted by Crippen LogP contribution is -2.34. The van der Waals surface area contributed by atoms with E-state index in [1.54, 1.807) is 5.57 Å². The van der Waals surface area contributed by atoms with E-state index in [4.69, 9.17) is 0 Å². The molecule has 0 radical (unpaired) electrons. The number of rotatable bonds is 0. The second kappa shape index (κ2) is 3.72. The van der Waals surface area contributed by atoms with Gasteiger partial charge in [0.1, 0.15) is 0 Å². The molecule has 2 aliphatic rings. The number of halogens is 1. The molecule has 0 aliphatic heterocycles. The van der Waals surface area contributed by atoms with E-state index >= 15 is 0 Å². The molecule has 0 spiro atoms. The molecule has 0 aromatic heterocycles. The minimum absolute atomic E-state index is 0.157. The Kier molecular flexibility index (Phi) is 2.58. The van der Waals surface area contributed by atoms with Gasteiger partial charge < -0.3 is 0 Å². The fourth-order valence-corrected chi connectivity index (χ4v) is 4.68. The van der Waals surface area contributed by atoms with Crippen LogP contribution in [0.4, 0.5) is 0 Å². The Morgan fingerprint density at radius 1 is 1.06 bits per heavy atom. The maximum atomic E-state index is 2.46. The highest BCUT2D eigenvalue weighted by Gasteiger charge is 2.52. The van der Waals surface area contributed by atoms with Gasteiger partial charge in [0.2, 0.25) is 0 Å². The number of hydrogen-bond donors (Lipinski definition) is 0. The highest BCUT2D eigenvalue weighted by atomic mass is 127. The average molecular weight is 350 g/mol. The smallest absolute Gasteiger partial charge is 0.0209 e. The third kappa shape index (κ3) is 1.37. The zero-order chi connectivity index (χ0) is 13.1. The van der Waals surface area contributed by atoms with E-state index in [1.165, 1.54) is 14.7 Å². The molecule has 0 fully saturated rings. The van der Waals surface area contributed by atoms with Crippen LogP contribution in [0, 0.1) is 5.92 Å². The summed E-state index contributed by atoms with van der Waals surface area (Å²) in [7, 11) is 0. The Morgan fingerprint density at radius 2 is 1.67 bits per heavy atom. The van der Waals surface area contributed by atoms with Gasteiger partial charge in [-0.15, -0.1) is 0 Å². The monoisotopic (exact) mass is 350 g/mol. The van der Waals surface area contributed by atoms with Gasteiger partial charge in [-0.25, -0.2) is 0 Å². The first-order chi connectivity index (χ1) is 8.38. The van der Waals surface area contributed by atoms with Crippen molar-refractivity contribution in [3.05, 3.63) is 56.7 Å². The van der Waals surface area contributed by atoms with Gasteiger partial charge in [-0.2, -0.15) is 0 Å². The van der Waals surface area contributed by atoms with Crippen LogP contribution < -0.4 is 0 Å². The van der Waals surface area contributed by atoms with Crippen LogP contribution in [-0.2, 0) is 10.8 Å². The van der Waals surface area contributed by atoms with Crippen molar-refractivity contribution in [2.45, 2.75) is 38.5 Å². The summed E-state index contributed by atoms with van der Waals surface area (Å²) in [5, 5.41) is 0. The number of hydrogen-bond acceptors (Lipinski definition) is 0. The predicted molar refractivity (Wildman–Crippen MR) is 86.2 cm³/mol. The number of allylic oxidation sites excluding steroid dienone is 4. The number of fused-ring (bicyclic) bond motifs is 3. The summed E-state index contributed by atoms with van der Waals surface area (Å²) >= 11 is 2.46. The van der Waals surface area contributed by atoms with Crippen LogP contribution in [0.25, 0.3) is 0 Å². The van der Waals surface area contributed by atoms with E-state index in [0.717, 1.165) is 0 Å². The average Bonchev–Trinajstić information content (AvgIpc) is 2.49. The predicted octanol–water partition coefficient (Wildman–Crippen LogP) is 5.13. The quantitative estimate of drug-likeness (QED) is 0.569. The molecule has 94 valence electrons. The van der Waals surface area contributed by atoms with Crippen molar-refractivity contribution >= 4 is 22.6 Å². The van der Waals surface area contributed by atoms with Crippen molar-refractivity contribution < 1.29 is 0 Å². The molecule has 1 aromatic rings. The van der Waals surface area contributed by atoms with E-state index in [9.17, 15) is 0 Å². The van der Waals surface area contributed by atoms with Crippen LogP contribution in [-0.4, -0.2) is 0 Å². The summed E-state index contributed by atoms with van der Waals surface area (Å²) in [5.74, 6) is 0.562. The van der Waals surface area contributed by atoms with Crippen molar-refractivity contribution in [2.75, 3.05) is 0 Å². The molecule has 0 heterocycles. The van der Waals surface area contributed by atoms with Crippen LogP contribution in [0.5, 0.6) is 0 Å². The topological polar surface area (TPSA) is 0 Å². The standard InChI is InChI=1S/C17H19I/c1-11-9-12(18)10-15-16(2,3)13-7-5-6-8-14(13)17(11,15)4/h5-11H,1-4H3. The van der Waals surface area contributed by atoms with Crippen molar-refractivity contribution in [3.63, 3.8) is 0 Å². The summed E-state index contributed by atoms with van der Waals surface area (Å²) in [5.41, 5.74) is 4.94. The molecule has 1 aromatic carbocycles. The lowest BCUT2D eigenvalue weighted by molar-refractivity contribution is 0.413. The van der Waals surface area contributed by atoms with Crippen LogP contribution in [0.3, 0.4) is 0 Å². The normalized spacial score (nSPS) is 32.4. The Balaban J connectivity index is 2.35. The first-order valence-corrected chi connectivity index (χ1v) is 7.66. The van der Waals surface area contributed by atoms with Crippen LogP contribution >= 0.6 is 22.6 Å².